The molecule has 1 heterocycles. The van der Waals surface area contributed by atoms with Crippen molar-refractivity contribution in [1.82, 2.24) is 9.55 Å². The van der Waals surface area contributed by atoms with Crippen LogP contribution in [0.15, 0.2) is 40.1 Å². The minimum atomic E-state index is -0.505. The Kier molecular flexibility index (Phi) is 3.12. The second kappa shape index (κ2) is 4.57. The molecule has 0 atom stereocenters. The molecule has 0 spiro atoms. The number of halogens is 1. The summed E-state index contributed by atoms with van der Waals surface area (Å²) in [5.41, 5.74) is 5.42. The molecule has 0 bridgehead atoms. The molecule has 3 N–H and O–H groups in total. The first-order valence-corrected chi connectivity index (χ1v) is 5.30. The molecule has 0 amide bonds. The van der Waals surface area contributed by atoms with E-state index in [-0.39, 0.29) is 6.54 Å². The van der Waals surface area contributed by atoms with E-state index in [0.29, 0.717) is 16.3 Å². The minimum Gasteiger partial charge on any atom is -0.326 e. The van der Waals surface area contributed by atoms with Crippen molar-refractivity contribution in [2.45, 2.75) is 6.54 Å². The number of H-pyrrole nitrogens is 1. The van der Waals surface area contributed by atoms with Crippen molar-refractivity contribution in [2.75, 3.05) is 0 Å². The smallest absolute Gasteiger partial charge is 0.326 e. The second-order valence-corrected chi connectivity index (χ2v) is 3.90. The molecule has 0 unspecified atom stereocenters. The van der Waals surface area contributed by atoms with E-state index in [2.05, 4.69) is 4.98 Å². The van der Waals surface area contributed by atoms with Gasteiger partial charge in [0.15, 0.2) is 0 Å². The van der Waals surface area contributed by atoms with Crippen LogP contribution in [0.4, 0.5) is 0 Å². The van der Waals surface area contributed by atoms with Gasteiger partial charge in [0.05, 0.1) is 5.69 Å². The molecular formula is C11H10ClN3O2. The Hall–Kier alpha value is -1.85. The fourth-order valence-electron chi connectivity index (χ4n) is 1.45. The van der Waals surface area contributed by atoms with E-state index < -0.39 is 11.2 Å². The number of aromatic nitrogens is 2. The maximum absolute atomic E-state index is 11.6. The normalized spacial score (nSPS) is 10.5. The summed E-state index contributed by atoms with van der Waals surface area (Å²) in [5, 5.41) is 0.574. The molecule has 0 radical (unpaired) electrons. The second-order valence-electron chi connectivity index (χ2n) is 3.46. The van der Waals surface area contributed by atoms with E-state index in [9.17, 15) is 9.59 Å². The molecule has 0 saturated carbocycles. The zero-order valence-corrected chi connectivity index (χ0v) is 9.57. The molecule has 0 fully saturated rings. The van der Waals surface area contributed by atoms with Crippen LogP contribution < -0.4 is 17.0 Å². The van der Waals surface area contributed by atoms with Crippen LogP contribution in [0, 0.1) is 0 Å². The van der Waals surface area contributed by atoms with Crippen LogP contribution in [0.2, 0.25) is 5.02 Å². The Morgan fingerprint density at radius 3 is 2.47 bits per heavy atom. The molecule has 0 aliphatic rings. The largest absolute Gasteiger partial charge is 0.332 e. The van der Waals surface area contributed by atoms with Crippen LogP contribution in [0.3, 0.4) is 0 Å². The molecule has 2 rings (SSSR count). The van der Waals surface area contributed by atoms with Crippen LogP contribution in [0.5, 0.6) is 0 Å². The fourth-order valence-corrected chi connectivity index (χ4v) is 1.58. The van der Waals surface area contributed by atoms with Crippen LogP contribution in [-0.4, -0.2) is 9.55 Å². The molecule has 88 valence electrons. The Balaban J connectivity index is 2.63. The van der Waals surface area contributed by atoms with Gasteiger partial charge in [-0.05, 0) is 24.3 Å². The fraction of sp³-hybridized carbons (Fsp3) is 0.0909. The number of aromatic amines is 1. The van der Waals surface area contributed by atoms with Gasteiger partial charge in [0.1, 0.15) is 0 Å². The highest BCUT2D eigenvalue weighted by molar-refractivity contribution is 6.30. The Morgan fingerprint density at radius 1 is 1.24 bits per heavy atom. The molecule has 1 aromatic heterocycles. The van der Waals surface area contributed by atoms with Gasteiger partial charge < -0.3 is 5.73 Å². The molecule has 1 aromatic carbocycles. The highest BCUT2D eigenvalue weighted by Crippen LogP contribution is 2.11. The molecular weight excluding hydrogens is 242 g/mol. The van der Waals surface area contributed by atoms with Crippen molar-refractivity contribution in [3.8, 4) is 5.69 Å². The van der Waals surface area contributed by atoms with Crippen molar-refractivity contribution >= 4 is 11.6 Å². The predicted molar refractivity (Wildman–Crippen MR) is 65.6 cm³/mol. The summed E-state index contributed by atoms with van der Waals surface area (Å²) in [6.45, 7) is 0.0726. The third-order valence-electron chi connectivity index (χ3n) is 2.34. The Labute approximate surface area is 101 Å². The highest BCUT2D eigenvalue weighted by Gasteiger charge is 2.04. The number of nitrogens with zero attached hydrogens (tertiary/aromatic N) is 1. The summed E-state index contributed by atoms with van der Waals surface area (Å²) in [6.07, 6.45) is 1.43. The molecule has 0 aliphatic heterocycles. The van der Waals surface area contributed by atoms with Crippen LogP contribution >= 0.6 is 11.6 Å². The topological polar surface area (TPSA) is 80.9 Å². The van der Waals surface area contributed by atoms with Gasteiger partial charge in [0.2, 0.25) is 0 Å². The first kappa shape index (κ1) is 11.6. The molecule has 17 heavy (non-hydrogen) atoms. The van der Waals surface area contributed by atoms with E-state index in [1.807, 2.05) is 0 Å². The van der Waals surface area contributed by atoms with Gasteiger partial charge in [0.25, 0.3) is 5.56 Å². The summed E-state index contributed by atoms with van der Waals surface area (Å²) >= 11 is 5.76. The van der Waals surface area contributed by atoms with Gasteiger partial charge in [0, 0.05) is 23.3 Å². The van der Waals surface area contributed by atoms with Gasteiger partial charge in [-0.1, -0.05) is 11.6 Å². The van der Waals surface area contributed by atoms with Gasteiger partial charge in [-0.25, -0.2) is 4.79 Å². The van der Waals surface area contributed by atoms with Gasteiger partial charge in [-0.3, -0.25) is 14.3 Å². The SMILES string of the molecule is NCc1cn(-c2ccc(Cl)cc2)c(=O)[nH]c1=O. The summed E-state index contributed by atoms with van der Waals surface area (Å²) in [7, 11) is 0. The molecule has 6 heteroatoms. The summed E-state index contributed by atoms with van der Waals surface area (Å²) in [5.74, 6) is 0. The molecule has 0 saturated heterocycles. The lowest BCUT2D eigenvalue weighted by Gasteiger charge is -2.06. The standard InChI is InChI=1S/C11H10ClN3O2/c12-8-1-3-9(4-2-8)15-6-7(5-13)10(16)14-11(15)17/h1-4,6H,5,13H2,(H,14,16,17). The van der Waals surface area contributed by atoms with Crippen LogP contribution in [0.1, 0.15) is 5.56 Å². The van der Waals surface area contributed by atoms with E-state index in [1.165, 1.54) is 10.8 Å². The summed E-state index contributed by atoms with van der Waals surface area (Å²) < 4.78 is 1.32. The summed E-state index contributed by atoms with van der Waals surface area (Å²) in [4.78, 5) is 25.2. The average Bonchev–Trinajstić information content (AvgIpc) is 2.31. The van der Waals surface area contributed by atoms with Crippen molar-refractivity contribution in [2.24, 2.45) is 5.73 Å². The molecule has 2 aromatic rings. The monoisotopic (exact) mass is 251 g/mol. The van der Waals surface area contributed by atoms with Crippen LogP contribution in [0.25, 0.3) is 5.69 Å². The first-order valence-electron chi connectivity index (χ1n) is 4.92. The van der Waals surface area contributed by atoms with E-state index in [0.717, 1.165) is 0 Å². The molecule has 0 aliphatic carbocycles. The number of rotatable bonds is 2. The van der Waals surface area contributed by atoms with Gasteiger partial charge >= 0.3 is 5.69 Å². The Bertz CT molecular complexity index is 643. The highest BCUT2D eigenvalue weighted by atomic mass is 35.5. The number of hydrogen-bond donors (Lipinski definition) is 2. The van der Waals surface area contributed by atoms with E-state index in [4.69, 9.17) is 17.3 Å². The lowest BCUT2D eigenvalue weighted by molar-refractivity contribution is 0.852. The quantitative estimate of drug-likeness (QED) is 0.822. The number of nitrogens with two attached hydrogens (primary N) is 1. The molecule has 5 nitrogen and oxygen atoms in total. The number of benzene rings is 1. The van der Waals surface area contributed by atoms with Gasteiger partial charge in [-0.15, -0.1) is 0 Å². The van der Waals surface area contributed by atoms with Crippen molar-refractivity contribution in [3.05, 3.63) is 61.9 Å². The maximum atomic E-state index is 11.6. The van der Waals surface area contributed by atoms with E-state index >= 15 is 0 Å². The average molecular weight is 252 g/mol. The van der Waals surface area contributed by atoms with Crippen molar-refractivity contribution < 1.29 is 0 Å². The van der Waals surface area contributed by atoms with Crippen molar-refractivity contribution in [3.63, 3.8) is 0 Å². The van der Waals surface area contributed by atoms with Crippen LogP contribution in [-0.2, 0) is 6.54 Å². The predicted octanol–water partition coefficient (Wildman–Crippen LogP) is 0.638. The lowest BCUT2D eigenvalue weighted by atomic mass is 10.3. The van der Waals surface area contributed by atoms with Gasteiger partial charge in [-0.2, -0.15) is 0 Å². The first-order chi connectivity index (χ1) is 8.11. The zero-order chi connectivity index (χ0) is 12.4. The zero-order valence-electron chi connectivity index (χ0n) is 8.81. The number of nitrogens with one attached hydrogen (secondary N) is 1. The Morgan fingerprint density at radius 2 is 1.88 bits per heavy atom. The minimum absolute atomic E-state index is 0.0726. The lowest BCUT2D eigenvalue weighted by Crippen LogP contribution is -2.31. The third kappa shape index (κ3) is 2.30. The van der Waals surface area contributed by atoms with Crippen molar-refractivity contribution in [1.29, 1.82) is 0 Å². The maximum Gasteiger partial charge on any atom is 0.332 e. The number of hydrogen-bond acceptors (Lipinski definition) is 3. The third-order valence-corrected chi connectivity index (χ3v) is 2.59. The summed E-state index contributed by atoms with van der Waals surface area (Å²) in [6, 6.07) is 6.69. The van der Waals surface area contributed by atoms with E-state index in [1.54, 1.807) is 24.3 Å².